The third-order valence-corrected chi connectivity index (χ3v) is 12.5. The molecule has 1 aromatic rings. The van der Waals surface area contributed by atoms with Crippen LogP contribution in [0.3, 0.4) is 0 Å². The summed E-state index contributed by atoms with van der Waals surface area (Å²) in [5, 5.41) is 3.09. The highest BCUT2D eigenvalue weighted by atomic mass is 28.3. The second kappa shape index (κ2) is 14.3. The van der Waals surface area contributed by atoms with Crippen LogP contribution in [0.1, 0.15) is 100.0 Å². The van der Waals surface area contributed by atoms with E-state index in [9.17, 15) is 4.79 Å². The SMILES string of the molecule is CCCCCCCOc1ccc(C#CC2(NC(=O)OC(C)(C)C)COC(C)(C)OC2)cc1OC[Si](C)(C)C(C)(C)C. The van der Waals surface area contributed by atoms with Gasteiger partial charge >= 0.3 is 6.09 Å². The largest absolute Gasteiger partial charge is 0.493 e. The highest BCUT2D eigenvalue weighted by Crippen LogP contribution is 2.37. The molecule has 0 unspecified atom stereocenters. The maximum atomic E-state index is 12.7. The first-order valence-corrected chi connectivity index (χ1v) is 18.3. The Balaban J connectivity index is 2.32. The number of carbonyl (C=O) groups is 1. The number of alkyl carbamates (subject to hydrolysis) is 1. The van der Waals surface area contributed by atoms with Crippen LogP contribution in [0.2, 0.25) is 18.1 Å². The smallest absolute Gasteiger partial charge is 0.409 e. The molecule has 2 rings (SSSR count). The summed E-state index contributed by atoms with van der Waals surface area (Å²) in [7, 11) is -1.70. The third-order valence-electron chi connectivity index (χ3n) is 7.59. The van der Waals surface area contributed by atoms with Crippen molar-refractivity contribution in [3.63, 3.8) is 0 Å². The summed E-state index contributed by atoms with van der Waals surface area (Å²) >= 11 is 0. The summed E-state index contributed by atoms with van der Waals surface area (Å²) in [6.07, 6.45) is 5.98. The average molecular weight is 590 g/mol. The van der Waals surface area contributed by atoms with Gasteiger partial charge in [-0.15, -0.1) is 0 Å². The number of hydrogen-bond donors (Lipinski definition) is 1. The summed E-state index contributed by atoms with van der Waals surface area (Å²) in [4.78, 5) is 12.7. The Hall–Kier alpha value is -2.21. The Labute approximate surface area is 250 Å². The van der Waals surface area contributed by atoms with Crippen molar-refractivity contribution in [3.8, 4) is 23.3 Å². The van der Waals surface area contributed by atoms with Gasteiger partial charge in [0.25, 0.3) is 0 Å². The van der Waals surface area contributed by atoms with Crippen molar-refractivity contribution in [1.29, 1.82) is 0 Å². The van der Waals surface area contributed by atoms with Gasteiger partial charge in [-0.25, -0.2) is 4.79 Å². The fourth-order valence-corrected chi connectivity index (χ4v) is 4.67. The summed E-state index contributed by atoms with van der Waals surface area (Å²) in [6.45, 7) is 23.9. The number of amides is 1. The standard InChI is InChI=1S/C33H55NO6Si/c1-12-13-14-15-16-21-36-27-18-17-26(22-28(27)37-25-41(10,11)31(5,6)7)19-20-33(23-38-32(8,9)39-24-33)34-29(35)40-30(2,3)4/h17-18,22H,12-16,21,23-25H2,1-11H3,(H,34,35). The molecular weight excluding hydrogens is 534 g/mol. The van der Waals surface area contributed by atoms with Crippen molar-refractivity contribution in [2.45, 2.75) is 129 Å². The van der Waals surface area contributed by atoms with Crippen molar-refractivity contribution < 1.29 is 28.5 Å². The Bertz CT molecular complexity index is 1050. The van der Waals surface area contributed by atoms with Crippen LogP contribution in [0.4, 0.5) is 4.79 Å². The van der Waals surface area contributed by atoms with Gasteiger partial charge in [-0.2, -0.15) is 0 Å². The van der Waals surface area contributed by atoms with Gasteiger partial charge in [0.2, 0.25) is 0 Å². The predicted molar refractivity (Wildman–Crippen MR) is 168 cm³/mol. The molecule has 1 saturated heterocycles. The lowest BCUT2D eigenvalue weighted by atomic mass is 10.0. The van der Waals surface area contributed by atoms with Gasteiger partial charge in [0.15, 0.2) is 22.8 Å². The second-order valence-electron chi connectivity index (χ2n) is 14.3. The molecule has 1 aliphatic heterocycles. The Morgan fingerprint density at radius 1 is 0.976 bits per heavy atom. The van der Waals surface area contributed by atoms with Crippen molar-refractivity contribution in [2.75, 3.05) is 26.1 Å². The van der Waals surface area contributed by atoms with Gasteiger partial charge in [0.05, 0.1) is 34.1 Å². The van der Waals surface area contributed by atoms with Crippen LogP contribution in [-0.2, 0) is 14.2 Å². The number of benzene rings is 1. The fraction of sp³-hybridized carbons (Fsp3) is 0.727. The topological polar surface area (TPSA) is 75.3 Å². The van der Waals surface area contributed by atoms with Crippen LogP contribution in [0, 0.1) is 11.8 Å². The lowest BCUT2D eigenvalue weighted by molar-refractivity contribution is -0.262. The van der Waals surface area contributed by atoms with E-state index in [0.29, 0.717) is 18.6 Å². The molecule has 0 saturated carbocycles. The molecule has 0 spiro atoms. The lowest BCUT2D eigenvalue weighted by Crippen LogP contribution is -2.60. The minimum atomic E-state index is -1.70. The van der Waals surface area contributed by atoms with E-state index in [1.54, 1.807) is 0 Å². The number of carbonyl (C=O) groups excluding carboxylic acids is 1. The molecule has 0 bridgehead atoms. The molecule has 0 aliphatic carbocycles. The molecule has 1 aliphatic rings. The minimum Gasteiger partial charge on any atom is -0.493 e. The van der Waals surface area contributed by atoms with E-state index >= 15 is 0 Å². The molecule has 0 atom stereocenters. The number of unbranched alkanes of at least 4 members (excludes halogenated alkanes) is 4. The van der Waals surface area contributed by atoms with E-state index in [-0.39, 0.29) is 18.3 Å². The highest BCUT2D eigenvalue weighted by molar-refractivity contribution is 6.80. The first kappa shape index (κ1) is 35.0. The maximum absolute atomic E-state index is 12.7. The van der Waals surface area contributed by atoms with E-state index in [2.05, 4.69) is 57.9 Å². The lowest BCUT2D eigenvalue weighted by Gasteiger charge is -2.41. The quantitative estimate of drug-likeness (QED) is 0.161. The van der Waals surface area contributed by atoms with Gasteiger partial charge in [0.1, 0.15) is 5.60 Å². The van der Waals surface area contributed by atoms with Crippen LogP contribution < -0.4 is 14.8 Å². The molecule has 1 heterocycles. The van der Waals surface area contributed by atoms with E-state index < -0.39 is 31.1 Å². The minimum absolute atomic E-state index is 0.167. The number of nitrogens with one attached hydrogen (secondary N) is 1. The van der Waals surface area contributed by atoms with E-state index in [0.717, 1.165) is 24.2 Å². The van der Waals surface area contributed by atoms with Crippen LogP contribution in [-0.4, -0.2) is 57.1 Å². The monoisotopic (exact) mass is 589 g/mol. The summed E-state index contributed by atoms with van der Waals surface area (Å²) in [6, 6.07) is 5.79. The van der Waals surface area contributed by atoms with Crippen molar-refractivity contribution in [2.24, 2.45) is 0 Å². The van der Waals surface area contributed by atoms with Gasteiger partial charge < -0.3 is 29.0 Å². The fourth-order valence-electron chi connectivity index (χ4n) is 3.72. The van der Waals surface area contributed by atoms with E-state index in [1.807, 2.05) is 52.8 Å². The molecule has 1 amide bonds. The van der Waals surface area contributed by atoms with Crippen LogP contribution in [0.25, 0.3) is 0 Å². The van der Waals surface area contributed by atoms with Gasteiger partial charge in [-0.1, -0.05) is 78.3 Å². The zero-order valence-corrected chi connectivity index (χ0v) is 28.5. The zero-order valence-electron chi connectivity index (χ0n) is 27.5. The zero-order chi connectivity index (χ0) is 31.0. The molecule has 1 aromatic carbocycles. The summed E-state index contributed by atoms with van der Waals surface area (Å²) in [5.74, 6) is 7.12. The van der Waals surface area contributed by atoms with Crippen LogP contribution in [0.5, 0.6) is 11.5 Å². The van der Waals surface area contributed by atoms with Gasteiger partial charge in [0, 0.05) is 5.56 Å². The number of ether oxygens (including phenoxy) is 5. The summed E-state index contributed by atoms with van der Waals surface area (Å²) in [5.41, 5.74) is -0.953. The Morgan fingerprint density at radius 2 is 1.61 bits per heavy atom. The molecule has 232 valence electrons. The Kier molecular flexibility index (Phi) is 12.2. The first-order chi connectivity index (χ1) is 18.9. The maximum Gasteiger partial charge on any atom is 0.409 e. The molecule has 41 heavy (non-hydrogen) atoms. The highest BCUT2D eigenvalue weighted by Gasteiger charge is 2.41. The predicted octanol–water partition coefficient (Wildman–Crippen LogP) is 7.86. The first-order valence-electron chi connectivity index (χ1n) is 15.1. The van der Waals surface area contributed by atoms with Crippen LogP contribution in [0.15, 0.2) is 18.2 Å². The molecule has 0 radical (unpaired) electrons. The molecule has 7 nitrogen and oxygen atoms in total. The van der Waals surface area contributed by atoms with Gasteiger partial charge in [-0.05, 0) is 64.3 Å². The summed E-state index contributed by atoms with van der Waals surface area (Å²) < 4.78 is 29.9. The number of rotatable bonds is 11. The Morgan fingerprint density at radius 3 is 2.20 bits per heavy atom. The normalized spacial score (nSPS) is 16.8. The molecule has 1 N–H and O–H groups in total. The molecular formula is C33H55NO6Si. The molecule has 0 aromatic heterocycles. The van der Waals surface area contributed by atoms with Gasteiger partial charge in [-0.3, -0.25) is 0 Å². The van der Waals surface area contributed by atoms with Crippen molar-refractivity contribution in [1.82, 2.24) is 5.32 Å². The van der Waals surface area contributed by atoms with Crippen molar-refractivity contribution >= 4 is 14.2 Å². The average Bonchev–Trinajstić information content (AvgIpc) is 2.84. The molecule has 1 fully saturated rings. The van der Waals surface area contributed by atoms with E-state index in [1.165, 1.54) is 19.3 Å². The van der Waals surface area contributed by atoms with Crippen molar-refractivity contribution in [3.05, 3.63) is 23.8 Å². The molecule has 8 heteroatoms. The number of hydrogen-bond acceptors (Lipinski definition) is 6. The third kappa shape index (κ3) is 11.9. The second-order valence-corrected chi connectivity index (χ2v) is 19.8. The van der Waals surface area contributed by atoms with E-state index in [4.69, 9.17) is 23.7 Å². The van der Waals surface area contributed by atoms with Crippen LogP contribution >= 0.6 is 0 Å².